The van der Waals surface area contributed by atoms with E-state index >= 15 is 0 Å². The van der Waals surface area contributed by atoms with Gasteiger partial charge in [0.25, 0.3) is 5.91 Å². The fourth-order valence-corrected chi connectivity index (χ4v) is 4.15. The number of carbonyl (C=O) groups excluding carboxylic acids is 2. The maximum Gasteiger partial charge on any atom is 0.306 e. The Balaban J connectivity index is 1.73. The SMILES string of the molecule is CN(Cc1ccc(N(C)C)cc1)C(=O)COC(=O)CCCN(C)S(=O)(=O)c1ccc(F)cc1. The first-order chi connectivity index (χ1) is 15.5. The van der Waals surface area contributed by atoms with Gasteiger partial charge in [-0.15, -0.1) is 0 Å². The van der Waals surface area contributed by atoms with E-state index in [2.05, 4.69) is 0 Å². The van der Waals surface area contributed by atoms with Gasteiger partial charge in [0.1, 0.15) is 5.82 Å². The molecule has 0 bridgehead atoms. The molecule has 2 aromatic carbocycles. The smallest absolute Gasteiger partial charge is 0.306 e. The summed E-state index contributed by atoms with van der Waals surface area (Å²) in [6, 6.07) is 12.3. The van der Waals surface area contributed by atoms with Crippen molar-refractivity contribution in [1.29, 1.82) is 0 Å². The number of carbonyl (C=O) groups is 2. The topological polar surface area (TPSA) is 87.2 Å². The third kappa shape index (κ3) is 7.83. The molecular formula is C23H30FN3O5S. The molecule has 2 rings (SSSR count). The number of likely N-dealkylation sites (N-methyl/N-ethyl adjacent to an activating group) is 1. The van der Waals surface area contributed by atoms with Gasteiger partial charge in [-0.1, -0.05) is 12.1 Å². The highest BCUT2D eigenvalue weighted by Gasteiger charge is 2.21. The van der Waals surface area contributed by atoms with Gasteiger partial charge in [-0.25, -0.2) is 17.1 Å². The summed E-state index contributed by atoms with van der Waals surface area (Å²) in [6.07, 6.45) is 0.185. The predicted octanol–water partition coefficient (Wildman–Crippen LogP) is 2.49. The second kappa shape index (κ2) is 11.8. The molecule has 0 aliphatic heterocycles. The van der Waals surface area contributed by atoms with Crippen LogP contribution in [0, 0.1) is 5.82 Å². The van der Waals surface area contributed by atoms with Crippen molar-refractivity contribution >= 4 is 27.6 Å². The molecule has 0 fully saturated rings. The van der Waals surface area contributed by atoms with Crippen molar-refractivity contribution in [2.75, 3.05) is 46.2 Å². The zero-order valence-corrected chi connectivity index (χ0v) is 20.1. The monoisotopic (exact) mass is 479 g/mol. The van der Waals surface area contributed by atoms with Crippen molar-refractivity contribution in [3.8, 4) is 0 Å². The van der Waals surface area contributed by atoms with Crippen LogP contribution in [0.3, 0.4) is 0 Å². The Morgan fingerprint density at radius 3 is 2.12 bits per heavy atom. The summed E-state index contributed by atoms with van der Waals surface area (Å²) >= 11 is 0. The van der Waals surface area contributed by atoms with Gasteiger partial charge < -0.3 is 14.5 Å². The van der Waals surface area contributed by atoms with Crippen LogP contribution in [0.4, 0.5) is 10.1 Å². The molecule has 33 heavy (non-hydrogen) atoms. The maximum absolute atomic E-state index is 13.0. The van der Waals surface area contributed by atoms with Crippen molar-refractivity contribution in [1.82, 2.24) is 9.21 Å². The summed E-state index contributed by atoms with van der Waals surface area (Å²) in [6.45, 7) is 0.0799. The van der Waals surface area contributed by atoms with Gasteiger partial charge in [0.15, 0.2) is 6.61 Å². The van der Waals surface area contributed by atoms with Gasteiger partial charge >= 0.3 is 5.97 Å². The van der Waals surface area contributed by atoms with Crippen LogP contribution in [-0.4, -0.2) is 70.8 Å². The summed E-state index contributed by atoms with van der Waals surface area (Å²) < 4.78 is 44.0. The molecule has 0 unspecified atom stereocenters. The lowest BCUT2D eigenvalue weighted by Crippen LogP contribution is -2.31. The lowest BCUT2D eigenvalue weighted by atomic mass is 10.2. The molecule has 2 aromatic rings. The van der Waals surface area contributed by atoms with Gasteiger partial charge in [-0.3, -0.25) is 9.59 Å². The molecule has 0 N–H and O–H groups in total. The molecule has 0 spiro atoms. The number of halogens is 1. The molecule has 8 nitrogen and oxygen atoms in total. The predicted molar refractivity (Wildman–Crippen MR) is 124 cm³/mol. The van der Waals surface area contributed by atoms with Crippen LogP contribution in [0.25, 0.3) is 0 Å². The van der Waals surface area contributed by atoms with E-state index in [-0.39, 0.29) is 36.8 Å². The van der Waals surface area contributed by atoms with Crippen molar-refractivity contribution in [2.24, 2.45) is 0 Å². The van der Waals surface area contributed by atoms with E-state index in [1.165, 1.54) is 24.1 Å². The molecule has 0 aliphatic rings. The van der Waals surface area contributed by atoms with E-state index in [4.69, 9.17) is 4.74 Å². The number of rotatable bonds is 11. The lowest BCUT2D eigenvalue weighted by molar-refractivity contribution is -0.151. The maximum atomic E-state index is 13.0. The molecule has 0 radical (unpaired) electrons. The Morgan fingerprint density at radius 1 is 0.939 bits per heavy atom. The second-order valence-electron chi connectivity index (χ2n) is 7.86. The summed E-state index contributed by atoms with van der Waals surface area (Å²) in [4.78, 5) is 27.6. The Bertz CT molecular complexity index is 1040. The van der Waals surface area contributed by atoms with Gasteiger partial charge in [-0.2, -0.15) is 0 Å². The molecule has 0 heterocycles. The highest BCUT2D eigenvalue weighted by Crippen LogP contribution is 2.16. The molecule has 0 saturated carbocycles. The van der Waals surface area contributed by atoms with Crippen molar-refractivity contribution < 1.29 is 27.1 Å². The summed E-state index contributed by atoms with van der Waals surface area (Å²) in [5, 5.41) is 0. The average molecular weight is 480 g/mol. The minimum atomic E-state index is -3.78. The number of hydrogen-bond donors (Lipinski definition) is 0. The Hall–Kier alpha value is -2.98. The fourth-order valence-electron chi connectivity index (χ4n) is 2.94. The molecular weight excluding hydrogens is 449 g/mol. The number of ether oxygens (including phenoxy) is 1. The van der Waals surface area contributed by atoms with E-state index in [1.54, 1.807) is 7.05 Å². The highest BCUT2D eigenvalue weighted by molar-refractivity contribution is 7.89. The summed E-state index contributed by atoms with van der Waals surface area (Å²) in [7, 11) is 3.13. The number of anilines is 1. The Labute approximate surface area is 194 Å². The molecule has 180 valence electrons. The van der Waals surface area contributed by atoms with Gasteiger partial charge in [0, 0.05) is 53.4 Å². The van der Waals surface area contributed by atoms with Gasteiger partial charge in [0.05, 0.1) is 4.90 Å². The van der Waals surface area contributed by atoms with E-state index in [9.17, 15) is 22.4 Å². The Kier molecular flexibility index (Phi) is 9.36. The number of nitrogens with zero attached hydrogens (tertiary/aromatic N) is 3. The average Bonchev–Trinajstić information content (AvgIpc) is 2.77. The number of amides is 1. The third-order valence-corrected chi connectivity index (χ3v) is 6.90. The van der Waals surface area contributed by atoms with Crippen LogP contribution in [0.5, 0.6) is 0 Å². The van der Waals surface area contributed by atoms with Gasteiger partial charge in [-0.05, 0) is 48.4 Å². The number of sulfonamides is 1. The largest absolute Gasteiger partial charge is 0.456 e. The fraction of sp³-hybridized carbons (Fsp3) is 0.391. The van der Waals surface area contributed by atoms with Crippen LogP contribution < -0.4 is 4.90 Å². The molecule has 10 heteroatoms. The van der Waals surface area contributed by atoms with Crippen LogP contribution in [0.1, 0.15) is 18.4 Å². The third-order valence-electron chi connectivity index (χ3n) is 5.03. The molecule has 1 amide bonds. The molecule has 0 saturated heterocycles. The lowest BCUT2D eigenvalue weighted by Gasteiger charge is -2.19. The van der Waals surface area contributed by atoms with Crippen LogP contribution in [-0.2, 0) is 30.9 Å². The second-order valence-corrected chi connectivity index (χ2v) is 9.90. The first kappa shape index (κ1) is 26.3. The van der Waals surface area contributed by atoms with Crippen molar-refractivity contribution in [3.63, 3.8) is 0 Å². The number of hydrogen-bond acceptors (Lipinski definition) is 6. The van der Waals surface area contributed by atoms with E-state index in [1.807, 2.05) is 43.3 Å². The zero-order chi connectivity index (χ0) is 24.6. The van der Waals surface area contributed by atoms with Crippen molar-refractivity contribution in [2.45, 2.75) is 24.3 Å². The van der Waals surface area contributed by atoms with Crippen LogP contribution in [0.2, 0.25) is 0 Å². The Morgan fingerprint density at radius 2 is 1.55 bits per heavy atom. The van der Waals surface area contributed by atoms with Gasteiger partial charge in [0.2, 0.25) is 10.0 Å². The number of esters is 1. The van der Waals surface area contributed by atoms with E-state index in [0.717, 1.165) is 27.7 Å². The minimum Gasteiger partial charge on any atom is -0.456 e. The van der Waals surface area contributed by atoms with Crippen molar-refractivity contribution in [3.05, 3.63) is 59.9 Å². The summed E-state index contributed by atoms with van der Waals surface area (Å²) in [5.41, 5.74) is 2.01. The zero-order valence-electron chi connectivity index (χ0n) is 19.3. The quantitative estimate of drug-likeness (QED) is 0.460. The molecule has 0 atom stereocenters. The first-order valence-corrected chi connectivity index (χ1v) is 11.8. The summed E-state index contributed by atoms with van der Waals surface area (Å²) in [5.74, 6) is -1.45. The van der Waals surface area contributed by atoms with E-state index < -0.39 is 21.8 Å². The normalized spacial score (nSPS) is 11.3. The standard InChI is InChI=1S/C23H30FN3O5S/c1-25(2)20-11-7-18(8-12-20)16-26(3)22(28)17-32-23(29)6-5-15-27(4)33(30,31)21-13-9-19(24)10-14-21/h7-14H,5-6,15-17H2,1-4H3. The molecule has 0 aliphatic carbocycles. The van der Waals surface area contributed by atoms with Crippen LogP contribution in [0.15, 0.2) is 53.4 Å². The first-order valence-electron chi connectivity index (χ1n) is 10.4. The minimum absolute atomic E-state index is 0.0287. The van der Waals surface area contributed by atoms with E-state index in [0.29, 0.717) is 6.54 Å². The van der Waals surface area contributed by atoms with Crippen LogP contribution >= 0.6 is 0 Å². The molecule has 0 aromatic heterocycles. The highest BCUT2D eigenvalue weighted by atomic mass is 32.2. The number of benzene rings is 2.